The minimum atomic E-state index is -0.147. The number of rotatable bonds is 23. The SMILES string of the molecule is CCCCCCCCCCCCCCc1ccccc1OC(CC)COC(=O)CC[N+](C)(C)Cc1ccccc1. The van der Waals surface area contributed by atoms with Gasteiger partial charge in [-0.1, -0.05) is 133 Å². The Balaban J connectivity index is 1.64. The molecule has 0 heterocycles. The van der Waals surface area contributed by atoms with Crippen LogP contribution in [0.3, 0.4) is 0 Å². The van der Waals surface area contributed by atoms with E-state index in [4.69, 9.17) is 9.47 Å². The molecule has 0 bridgehead atoms. The highest BCUT2D eigenvalue weighted by molar-refractivity contribution is 5.69. The normalized spacial score (nSPS) is 12.3. The zero-order valence-corrected chi connectivity index (χ0v) is 26.2. The van der Waals surface area contributed by atoms with Crippen molar-refractivity contribution in [2.24, 2.45) is 0 Å². The second kappa shape index (κ2) is 20.5. The maximum Gasteiger partial charge on any atom is 0.311 e. The van der Waals surface area contributed by atoms with E-state index >= 15 is 0 Å². The average Bonchev–Trinajstić information content (AvgIpc) is 2.95. The number of ether oxygens (including phenoxy) is 2. The molecule has 0 N–H and O–H groups in total. The summed E-state index contributed by atoms with van der Waals surface area (Å²) < 4.78 is 12.8. The van der Waals surface area contributed by atoms with E-state index in [1.165, 1.54) is 88.2 Å². The highest BCUT2D eigenvalue weighted by atomic mass is 16.6. The Morgan fingerprint density at radius 3 is 1.95 bits per heavy atom. The van der Waals surface area contributed by atoms with E-state index in [0.29, 0.717) is 13.0 Å². The summed E-state index contributed by atoms with van der Waals surface area (Å²) in [6.07, 6.45) is 18.5. The van der Waals surface area contributed by atoms with E-state index in [9.17, 15) is 4.79 Å². The summed E-state index contributed by atoms with van der Waals surface area (Å²) in [5.41, 5.74) is 2.54. The Labute approximate surface area is 246 Å². The summed E-state index contributed by atoms with van der Waals surface area (Å²) in [6, 6.07) is 18.8. The van der Waals surface area contributed by atoms with Crippen molar-refractivity contribution in [3.63, 3.8) is 0 Å². The predicted octanol–water partition coefficient (Wildman–Crippen LogP) is 9.30. The molecule has 1 atom stereocenters. The van der Waals surface area contributed by atoms with Gasteiger partial charge in [0.1, 0.15) is 25.0 Å². The van der Waals surface area contributed by atoms with Crippen LogP contribution in [0.15, 0.2) is 54.6 Å². The van der Waals surface area contributed by atoms with Gasteiger partial charge >= 0.3 is 5.97 Å². The number of hydrogen-bond acceptors (Lipinski definition) is 3. The second-order valence-corrected chi connectivity index (χ2v) is 12.1. The smallest absolute Gasteiger partial charge is 0.311 e. The molecule has 1 unspecified atom stereocenters. The molecule has 2 rings (SSSR count). The number of nitrogens with zero attached hydrogens (tertiary/aromatic N) is 1. The van der Waals surface area contributed by atoms with Gasteiger partial charge in [0.25, 0.3) is 0 Å². The van der Waals surface area contributed by atoms with Crippen LogP contribution in [0, 0.1) is 0 Å². The summed E-state index contributed by atoms with van der Waals surface area (Å²) in [6.45, 7) is 6.31. The third kappa shape index (κ3) is 15.5. The molecule has 2 aromatic rings. The first kappa shape index (κ1) is 33.9. The van der Waals surface area contributed by atoms with E-state index in [1.54, 1.807) is 0 Å². The number of carbonyl (C=O) groups excluding carboxylic acids is 1. The molecular weight excluding hydrogens is 494 g/mol. The van der Waals surface area contributed by atoms with Crippen LogP contribution in [0.25, 0.3) is 0 Å². The van der Waals surface area contributed by atoms with Crippen LogP contribution >= 0.6 is 0 Å². The van der Waals surface area contributed by atoms with Gasteiger partial charge in [-0.05, 0) is 30.9 Å². The topological polar surface area (TPSA) is 35.5 Å². The Bertz CT molecular complexity index is 911. The van der Waals surface area contributed by atoms with Gasteiger partial charge in [-0.15, -0.1) is 0 Å². The average molecular weight is 553 g/mol. The summed E-state index contributed by atoms with van der Waals surface area (Å²) in [7, 11) is 4.32. The predicted molar refractivity (Wildman–Crippen MR) is 169 cm³/mol. The third-order valence-corrected chi connectivity index (χ3v) is 7.83. The first-order valence-electron chi connectivity index (χ1n) is 16.2. The molecule has 0 radical (unpaired) electrons. The van der Waals surface area contributed by atoms with Crippen molar-refractivity contribution in [3.05, 3.63) is 65.7 Å². The minimum Gasteiger partial charge on any atom is -0.487 e. The monoisotopic (exact) mass is 552 g/mol. The van der Waals surface area contributed by atoms with Crippen LogP contribution in [0.1, 0.15) is 115 Å². The van der Waals surface area contributed by atoms with Crippen molar-refractivity contribution in [1.82, 2.24) is 0 Å². The Morgan fingerprint density at radius 1 is 0.750 bits per heavy atom. The molecule has 4 nitrogen and oxygen atoms in total. The number of para-hydroxylation sites is 1. The fourth-order valence-corrected chi connectivity index (χ4v) is 5.21. The number of benzene rings is 2. The van der Waals surface area contributed by atoms with Gasteiger partial charge in [-0.3, -0.25) is 4.79 Å². The lowest BCUT2D eigenvalue weighted by Gasteiger charge is -2.29. The van der Waals surface area contributed by atoms with Crippen molar-refractivity contribution in [2.75, 3.05) is 27.2 Å². The molecule has 0 aliphatic rings. The zero-order chi connectivity index (χ0) is 28.9. The maximum absolute atomic E-state index is 12.5. The molecule has 0 aliphatic carbocycles. The van der Waals surface area contributed by atoms with E-state index in [1.807, 2.05) is 12.1 Å². The fraction of sp³-hybridized carbons (Fsp3) is 0.639. The lowest BCUT2D eigenvalue weighted by atomic mass is 10.0. The first-order valence-corrected chi connectivity index (χ1v) is 16.2. The highest BCUT2D eigenvalue weighted by Crippen LogP contribution is 2.23. The van der Waals surface area contributed by atoms with Crippen LogP contribution in [0.2, 0.25) is 0 Å². The molecule has 4 heteroatoms. The van der Waals surface area contributed by atoms with Crippen molar-refractivity contribution < 1.29 is 18.8 Å². The van der Waals surface area contributed by atoms with Crippen LogP contribution in [-0.2, 0) is 22.5 Å². The number of hydrogen-bond donors (Lipinski definition) is 0. The number of aryl methyl sites for hydroxylation is 1. The van der Waals surface area contributed by atoms with E-state index in [-0.39, 0.29) is 12.1 Å². The van der Waals surface area contributed by atoms with Gasteiger partial charge in [0, 0.05) is 5.56 Å². The van der Waals surface area contributed by atoms with Crippen molar-refractivity contribution in [2.45, 2.75) is 123 Å². The molecule has 0 aliphatic heterocycles. The van der Waals surface area contributed by atoms with E-state index in [0.717, 1.165) is 36.2 Å². The van der Waals surface area contributed by atoms with Crippen LogP contribution in [0.4, 0.5) is 0 Å². The number of quaternary nitrogens is 1. The van der Waals surface area contributed by atoms with Gasteiger partial charge in [-0.25, -0.2) is 0 Å². The van der Waals surface area contributed by atoms with Crippen molar-refractivity contribution in [1.29, 1.82) is 0 Å². The van der Waals surface area contributed by atoms with Crippen LogP contribution in [-0.4, -0.2) is 43.8 Å². The minimum absolute atomic E-state index is 0.126. The number of carbonyl (C=O) groups is 1. The van der Waals surface area contributed by atoms with Gasteiger partial charge in [0.2, 0.25) is 0 Å². The molecule has 0 spiro atoms. The zero-order valence-electron chi connectivity index (χ0n) is 26.2. The van der Waals surface area contributed by atoms with Crippen LogP contribution in [0.5, 0.6) is 5.75 Å². The molecule has 40 heavy (non-hydrogen) atoms. The van der Waals surface area contributed by atoms with E-state index < -0.39 is 0 Å². The summed E-state index contributed by atoms with van der Waals surface area (Å²) in [5, 5.41) is 0. The lowest BCUT2D eigenvalue weighted by Crippen LogP contribution is -2.40. The quantitative estimate of drug-likeness (QED) is 0.0783. The van der Waals surface area contributed by atoms with Crippen LogP contribution < -0.4 is 4.74 Å². The first-order chi connectivity index (χ1) is 19.4. The molecule has 2 aromatic carbocycles. The van der Waals surface area contributed by atoms with Gasteiger partial charge in [0.15, 0.2) is 0 Å². The van der Waals surface area contributed by atoms with Gasteiger partial charge in [0.05, 0.1) is 27.1 Å². The van der Waals surface area contributed by atoms with E-state index in [2.05, 4.69) is 70.4 Å². The second-order valence-electron chi connectivity index (χ2n) is 12.1. The molecule has 0 saturated carbocycles. The number of unbranched alkanes of at least 4 members (excludes halogenated alkanes) is 11. The van der Waals surface area contributed by atoms with Crippen molar-refractivity contribution in [3.8, 4) is 5.75 Å². The molecule has 224 valence electrons. The van der Waals surface area contributed by atoms with Gasteiger partial charge < -0.3 is 14.0 Å². The number of esters is 1. The fourth-order valence-electron chi connectivity index (χ4n) is 5.21. The van der Waals surface area contributed by atoms with Gasteiger partial charge in [-0.2, -0.15) is 0 Å². The molecule has 0 saturated heterocycles. The summed E-state index contributed by atoms with van der Waals surface area (Å²) in [4.78, 5) is 12.5. The lowest BCUT2D eigenvalue weighted by molar-refractivity contribution is -0.903. The maximum atomic E-state index is 12.5. The molecule has 0 amide bonds. The Kier molecular flexibility index (Phi) is 17.4. The summed E-state index contributed by atoms with van der Waals surface area (Å²) in [5.74, 6) is 0.792. The summed E-state index contributed by atoms with van der Waals surface area (Å²) >= 11 is 0. The standard InChI is InChI=1S/C36H58NO3/c1-5-7-8-9-10-11-12-13-14-15-16-20-25-33-26-21-22-27-35(33)40-34(6-2)31-39-36(38)28-29-37(3,4)30-32-23-18-17-19-24-32/h17-19,21-24,26-27,34H,5-16,20,25,28-31H2,1-4H3/q+1. The molecule has 0 fully saturated rings. The third-order valence-electron chi connectivity index (χ3n) is 7.83. The van der Waals surface area contributed by atoms with Crippen molar-refractivity contribution >= 4 is 5.97 Å². The highest BCUT2D eigenvalue weighted by Gasteiger charge is 2.20. The largest absolute Gasteiger partial charge is 0.487 e. The molecule has 0 aromatic heterocycles. The Hall–Kier alpha value is -2.33. The molecular formula is C36H58NO3+. The Morgan fingerprint density at radius 2 is 1.32 bits per heavy atom.